The Bertz CT molecular complexity index is 1150. The van der Waals surface area contributed by atoms with Crippen molar-refractivity contribution >= 4 is 29.2 Å². The number of likely N-dealkylation sites (tertiary alicyclic amines) is 1. The first-order valence-electron chi connectivity index (χ1n) is 13.6. The average Bonchev–Trinajstić information content (AvgIpc) is 2.97. The molecule has 2 fully saturated rings. The van der Waals surface area contributed by atoms with Gasteiger partial charge in [-0.1, -0.05) is 89.9 Å². The maximum atomic E-state index is 13.3. The summed E-state index contributed by atoms with van der Waals surface area (Å²) >= 11 is 12.7. The summed E-state index contributed by atoms with van der Waals surface area (Å²) in [5, 5.41) is 7.76. The molecule has 0 spiro atoms. The van der Waals surface area contributed by atoms with Crippen molar-refractivity contribution in [1.29, 1.82) is 0 Å². The lowest BCUT2D eigenvalue weighted by Gasteiger charge is -2.40. The maximum absolute atomic E-state index is 13.3. The number of piperidine rings is 1. The zero-order chi connectivity index (χ0) is 26.3. The molecule has 0 bridgehead atoms. The van der Waals surface area contributed by atoms with Crippen LogP contribution in [0.25, 0.3) is 0 Å². The van der Waals surface area contributed by atoms with Crippen molar-refractivity contribution in [3.8, 4) is 0 Å². The van der Waals surface area contributed by atoms with E-state index in [0.29, 0.717) is 23.1 Å². The van der Waals surface area contributed by atoms with Crippen LogP contribution in [0.4, 0.5) is 4.79 Å². The van der Waals surface area contributed by atoms with Crippen LogP contribution in [0, 0.1) is 5.92 Å². The fourth-order valence-electron chi connectivity index (χ4n) is 5.83. The summed E-state index contributed by atoms with van der Waals surface area (Å²) in [5.41, 5.74) is 3.67. The van der Waals surface area contributed by atoms with Gasteiger partial charge in [0, 0.05) is 45.2 Å². The van der Waals surface area contributed by atoms with E-state index < -0.39 is 0 Å². The third-order valence-electron chi connectivity index (χ3n) is 7.84. The molecule has 2 atom stereocenters. The fraction of sp³-hybridized carbons (Fsp3) is 0.387. The Kier molecular flexibility index (Phi) is 9.23. The summed E-state index contributed by atoms with van der Waals surface area (Å²) in [6.07, 6.45) is 2.13. The first kappa shape index (κ1) is 27.0. The van der Waals surface area contributed by atoms with E-state index >= 15 is 0 Å². The molecule has 0 aliphatic carbocycles. The highest BCUT2D eigenvalue weighted by Crippen LogP contribution is 2.35. The molecule has 200 valence electrons. The Morgan fingerprint density at radius 2 is 1.53 bits per heavy atom. The average molecular weight is 552 g/mol. The van der Waals surface area contributed by atoms with Crippen LogP contribution in [0.15, 0.2) is 78.9 Å². The minimum absolute atomic E-state index is 0.00820. The van der Waals surface area contributed by atoms with Gasteiger partial charge in [0.25, 0.3) is 0 Å². The molecule has 2 N–H and O–H groups in total. The molecule has 5 rings (SSSR count). The van der Waals surface area contributed by atoms with E-state index in [1.807, 2.05) is 23.1 Å². The van der Waals surface area contributed by atoms with E-state index in [4.69, 9.17) is 23.2 Å². The molecular formula is C31H36Cl2N4O. The van der Waals surface area contributed by atoms with Crippen LogP contribution in [-0.4, -0.2) is 61.6 Å². The summed E-state index contributed by atoms with van der Waals surface area (Å²) in [5.74, 6) is 0.551. The number of piperazine rings is 1. The van der Waals surface area contributed by atoms with Gasteiger partial charge < -0.3 is 20.4 Å². The molecule has 5 nitrogen and oxygen atoms in total. The molecule has 2 amide bonds. The zero-order valence-corrected chi connectivity index (χ0v) is 23.2. The number of nitrogens with one attached hydrogen (secondary N) is 2. The van der Waals surface area contributed by atoms with Crippen LogP contribution in [0.1, 0.15) is 41.5 Å². The number of carbonyl (C=O) groups is 1. The number of halogens is 2. The monoisotopic (exact) mass is 550 g/mol. The molecule has 2 aliphatic heterocycles. The van der Waals surface area contributed by atoms with Gasteiger partial charge in [0.15, 0.2) is 0 Å². The molecule has 2 heterocycles. The largest absolute Gasteiger partial charge is 0.331 e. The lowest BCUT2D eigenvalue weighted by Crippen LogP contribution is -2.52. The van der Waals surface area contributed by atoms with Gasteiger partial charge in [0.1, 0.15) is 0 Å². The topological polar surface area (TPSA) is 47.6 Å². The van der Waals surface area contributed by atoms with E-state index in [-0.39, 0.29) is 23.9 Å². The Balaban J connectivity index is 1.37. The van der Waals surface area contributed by atoms with Crippen LogP contribution >= 0.6 is 23.2 Å². The summed E-state index contributed by atoms with van der Waals surface area (Å²) in [4.78, 5) is 17.8. The van der Waals surface area contributed by atoms with Gasteiger partial charge in [0.05, 0.1) is 16.1 Å². The molecular weight excluding hydrogens is 515 g/mol. The highest BCUT2D eigenvalue weighted by atomic mass is 35.5. The lowest BCUT2D eigenvalue weighted by atomic mass is 9.85. The van der Waals surface area contributed by atoms with Gasteiger partial charge in [-0.3, -0.25) is 0 Å². The number of hydrogen-bond acceptors (Lipinski definition) is 3. The maximum Gasteiger partial charge on any atom is 0.317 e. The van der Waals surface area contributed by atoms with Crippen molar-refractivity contribution in [3.63, 3.8) is 0 Å². The Morgan fingerprint density at radius 1 is 0.868 bits per heavy atom. The fourth-order valence-corrected chi connectivity index (χ4v) is 6.14. The van der Waals surface area contributed by atoms with E-state index in [0.717, 1.165) is 51.1 Å². The second kappa shape index (κ2) is 13.0. The number of benzene rings is 3. The van der Waals surface area contributed by atoms with Crippen molar-refractivity contribution in [1.82, 2.24) is 20.4 Å². The molecule has 38 heavy (non-hydrogen) atoms. The number of amides is 2. The molecule has 0 saturated carbocycles. The molecule has 2 aliphatic rings. The lowest BCUT2D eigenvalue weighted by molar-refractivity contribution is 0.136. The minimum atomic E-state index is -0.137. The van der Waals surface area contributed by atoms with E-state index in [1.165, 1.54) is 11.1 Å². The third-order valence-corrected chi connectivity index (χ3v) is 8.58. The first-order valence-corrected chi connectivity index (χ1v) is 14.4. The smallest absolute Gasteiger partial charge is 0.317 e. The number of carbonyl (C=O) groups excluding carboxylic acids is 1. The number of hydrogen-bond donors (Lipinski definition) is 2. The third kappa shape index (κ3) is 6.70. The number of nitrogens with zero attached hydrogens (tertiary/aromatic N) is 2. The predicted molar refractivity (Wildman–Crippen MR) is 156 cm³/mol. The van der Waals surface area contributed by atoms with Gasteiger partial charge >= 0.3 is 6.03 Å². The summed E-state index contributed by atoms with van der Waals surface area (Å²) < 4.78 is 0. The van der Waals surface area contributed by atoms with Crippen molar-refractivity contribution in [2.45, 2.75) is 24.8 Å². The van der Waals surface area contributed by atoms with Gasteiger partial charge in [-0.25, -0.2) is 4.79 Å². The van der Waals surface area contributed by atoms with Gasteiger partial charge in [-0.05, 0) is 54.1 Å². The minimum Gasteiger partial charge on any atom is -0.331 e. The zero-order valence-electron chi connectivity index (χ0n) is 21.7. The second-order valence-electron chi connectivity index (χ2n) is 10.4. The molecule has 7 heteroatoms. The van der Waals surface area contributed by atoms with E-state index in [1.54, 1.807) is 0 Å². The quantitative estimate of drug-likeness (QED) is 0.368. The predicted octanol–water partition coefficient (Wildman–Crippen LogP) is 6.19. The normalized spacial score (nSPS) is 19.3. The van der Waals surface area contributed by atoms with Crippen molar-refractivity contribution in [3.05, 3.63) is 106 Å². The summed E-state index contributed by atoms with van der Waals surface area (Å²) in [6.45, 7) is 5.96. The highest BCUT2D eigenvalue weighted by molar-refractivity contribution is 6.42. The van der Waals surface area contributed by atoms with Crippen molar-refractivity contribution in [2.24, 2.45) is 5.92 Å². The Hall–Kier alpha value is -2.57. The standard InChI is InChI=1S/C31H36Cl2N4O/c32-28-14-13-25(20-29(28)33)30(35-31(38)37-18-15-34-16-19-37)26-12-7-17-36(21-26)22-27(23-8-3-1-4-9-23)24-10-5-2-6-11-24/h1-6,8-11,13-14,20,26-27,30,34H,7,12,15-19,21-22H2,(H,35,38)/t26-,30?/m1/s1. The Morgan fingerprint density at radius 3 is 2.16 bits per heavy atom. The van der Waals surface area contributed by atoms with Crippen LogP contribution < -0.4 is 10.6 Å². The number of rotatable bonds is 7. The van der Waals surface area contributed by atoms with Gasteiger partial charge in [-0.2, -0.15) is 0 Å². The molecule has 0 aromatic heterocycles. The SMILES string of the molecule is O=C(NC(c1ccc(Cl)c(Cl)c1)[C@@H]1CCCN(CC(c2ccccc2)c2ccccc2)C1)N1CCNCC1. The van der Waals surface area contributed by atoms with E-state index in [9.17, 15) is 4.79 Å². The van der Waals surface area contributed by atoms with Crippen LogP contribution in [0.5, 0.6) is 0 Å². The molecule has 1 unspecified atom stereocenters. The van der Waals surface area contributed by atoms with Crippen LogP contribution in [0.2, 0.25) is 10.0 Å². The molecule has 2 saturated heterocycles. The second-order valence-corrected chi connectivity index (χ2v) is 11.2. The van der Waals surface area contributed by atoms with Gasteiger partial charge in [-0.15, -0.1) is 0 Å². The summed E-state index contributed by atoms with van der Waals surface area (Å²) in [7, 11) is 0. The molecule has 3 aromatic carbocycles. The van der Waals surface area contributed by atoms with Gasteiger partial charge in [0.2, 0.25) is 0 Å². The highest BCUT2D eigenvalue weighted by Gasteiger charge is 2.32. The number of urea groups is 1. The van der Waals surface area contributed by atoms with Crippen LogP contribution in [-0.2, 0) is 0 Å². The Labute approximate surface area is 236 Å². The van der Waals surface area contributed by atoms with Crippen LogP contribution in [0.3, 0.4) is 0 Å². The summed E-state index contributed by atoms with van der Waals surface area (Å²) in [6, 6.07) is 27.2. The van der Waals surface area contributed by atoms with Crippen molar-refractivity contribution < 1.29 is 4.79 Å². The van der Waals surface area contributed by atoms with Crippen molar-refractivity contribution in [2.75, 3.05) is 45.8 Å². The molecule has 0 radical (unpaired) electrons. The molecule has 3 aromatic rings. The van der Waals surface area contributed by atoms with E-state index in [2.05, 4.69) is 76.2 Å². The first-order chi connectivity index (χ1) is 18.6.